The molecule has 10 heteroatoms. The zero-order chi connectivity index (χ0) is 26.1. The third-order valence-corrected chi connectivity index (χ3v) is 8.59. The minimum atomic E-state index is -1.000. The van der Waals surface area contributed by atoms with E-state index in [-0.39, 0.29) is 17.5 Å². The molecule has 1 aliphatic carbocycles. The van der Waals surface area contributed by atoms with Gasteiger partial charge < -0.3 is 14.0 Å². The lowest BCUT2D eigenvalue weighted by molar-refractivity contribution is -0.150. The standard InChI is InChI=1S/C26H30N2O6S2/c1-6-33-24(30)16(5)28-22(29)20(36-26(28)32)13-17-12-14(3)27(15(17)4)23-21(25(31)34-7-2)18-10-8-9-11-19(18)35-23/h12-13,16H,6-11H2,1-5H3/b20-13+/t16-/m1/s1. The summed E-state index contributed by atoms with van der Waals surface area (Å²) >= 11 is 2.43. The minimum absolute atomic E-state index is 0.168. The summed E-state index contributed by atoms with van der Waals surface area (Å²) in [6.07, 6.45) is 5.64. The second kappa shape index (κ2) is 10.6. The van der Waals surface area contributed by atoms with Crippen LogP contribution >= 0.6 is 23.1 Å². The fraction of sp³-hybridized carbons (Fsp3) is 0.462. The van der Waals surface area contributed by atoms with Gasteiger partial charge in [0.05, 0.1) is 23.7 Å². The van der Waals surface area contributed by atoms with Gasteiger partial charge in [0, 0.05) is 16.3 Å². The molecule has 192 valence electrons. The van der Waals surface area contributed by atoms with Crippen molar-refractivity contribution in [3.63, 3.8) is 0 Å². The number of hydrogen-bond acceptors (Lipinski definition) is 8. The average Bonchev–Trinajstić information content (AvgIpc) is 3.44. The molecule has 2 aromatic rings. The van der Waals surface area contributed by atoms with Crippen LogP contribution < -0.4 is 0 Å². The van der Waals surface area contributed by atoms with E-state index in [4.69, 9.17) is 9.47 Å². The number of ether oxygens (including phenoxy) is 2. The smallest absolute Gasteiger partial charge is 0.341 e. The molecule has 0 aromatic carbocycles. The van der Waals surface area contributed by atoms with Gasteiger partial charge in [0.25, 0.3) is 11.1 Å². The Hall–Kier alpha value is -2.85. The van der Waals surface area contributed by atoms with Gasteiger partial charge in [-0.2, -0.15) is 0 Å². The van der Waals surface area contributed by atoms with Gasteiger partial charge in [-0.15, -0.1) is 11.3 Å². The molecule has 1 fully saturated rings. The third-order valence-electron chi connectivity index (χ3n) is 6.43. The number of nitrogens with zero attached hydrogens (tertiary/aromatic N) is 2. The van der Waals surface area contributed by atoms with Crippen LogP contribution in [0.2, 0.25) is 0 Å². The Balaban J connectivity index is 1.73. The summed E-state index contributed by atoms with van der Waals surface area (Å²) in [5.41, 5.74) is 4.24. The molecule has 1 atom stereocenters. The number of fused-ring (bicyclic) bond motifs is 1. The van der Waals surface area contributed by atoms with E-state index in [1.807, 2.05) is 24.5 Å². The molecule has 1 saturated heterocycles. The van der Waals surface area contributed by atoms with Gasteiger partial charge >= 0.3 is 11.9 Å². The first-order chi connectivity index (χ1) is 17.2. The summed E-state index contributed by atoms with van der Waals surface area (Å²) in [6, 6.07) is 0.937. The van der Waals surface area contributed by atoms with Crippen LogP contribution in [0.4, 0.5) is 4.79 Å². The Kier molecular flexibility index (Phi) is 7.75. The first-order valence-corrected chi connectivity index (χ1v) is 13.8. The Morgan fingerprint density at radius 1 is 1.11 bits per heavy atom. The fourth-order valence-corrected chi connectivity index (χ4v) is 7.08. The molecule has 2 aliphatic rings. The number of carbonyl (C=O) groups excluding carboxylic acids is 4. The van der Waals surface area contributed by atoms with E-state index in [1.165, 1.54) is 11.8 Å². The Morgan fingerprint density at radius 3 is 2.50 bits per heavy atom. The van der Waals surface area contributed by atoms with Crippen molar-refractivity contribution in [3.05, 3.63) is 43.9 Å². The number of rotatable bonds is 7. The number of amides is 2. The first-order valence-electron chi connectivity index (χ1n) is 12.1. The summed E-state index contributed by atoms with van der Waals surface area (Å²) < 4.78 is 12.4. The average molecular weight is 531 g/mol. The predicted octanol–water partition coefficient (Wildman–Crippen LogP) is 5.20. The first kappa shape index (κ1) is 26.2. The summed E-state index contributed by atoms with van der Waals surface area (Å²) in [5, 5.41) is 0.329. The summed E-state index contributed by atoms with van der Waals surface area (Å²) in [5.74, 6) is -1.45. The van der Waals surface area contributed by atoms with Crippen molar-refractivity contribution in [1.29, 1.82) is 0 Å². The van der Waals surface area contributed by atoms with Gasteiger partial charge in [-0.25, -0.2) is 9.59 Å². The number of hydrogen-bond donors (Lipinski definition) is 0. The molecule has 0 saturated carbocycles. The number of thioether (sulfide) groups is 1. The molecule has 2 amide bonds. The van der Waals surface area contributed by atoms with Crippen LogP contribution in [-0.2, 0) is 31.9 Å². The molecule has 0 unspecified atom stereocenters. The molecule has 1 aliphatic heterocycles. The van der Waals surface area contributed by atoms with Crippen LogP contribution in [0.5, 0.6) is 0 Å². The lowest BCUT2D eigenvalue weighted by Crippen LogP contribution is -2.42. The predicted molar refractivity (Wildman–Crippen MR) is 140 cm³/mol. The van der Waals surface area contributed by atoms with Gasteiger partial charge in [0.1, 0.15) is 11.0 Å². The van der Waals surface area contributed by atoms with Gasteiger partial charge in [0.15, 0.2) is 0 Å². The number of esters is 2. The van der Waals surface area contributed by atoms with E-state index in [2.05, 4.69) is 0 Å². The maximum absolute atomic E-state index is 13.0. The molecule has 36 heavy (non-hydrogen) atoms. The Labute approximate surface area is 218 Å². The Bertz CT molecular complexity index is 1270. The third kappa shape index (κ3) is 4.64. The van der Waals surface area contributed by atoms with Crippen molar-refractivity contribution in [2.24, 2.45) is 0 Å². The second-order valence-corrected chi connectivity index (χ2v) is 10.8. The summed E-state index contributed by atoms with van der Waals surface area (Å²) in [7, 11) is 0. The van der Waals surface area contributed by atoms with Crippen molar-refractivity contribution < 1.29 is 28.7 Å². The second-order valence-electron chi connectivity index (χ2n) is 8.75. The Morgan fingerprint density at radius 2 is 1.81 bits per heavy atom. The normalized spacial score (nSPS) is 17.5. The zero-order valence-electron chi connectivity index (χ0n) is 21.1. The highest BCUT2D eigenvalue weighted by Gasteiger charge is 2.41. The van der Waals surface area contributed by atoms with E-state index in [9.17, 15) is 19.2 Å². The molecule has 0 bridgehead atoms. The van der Waals surface area contributed by atoms with Crippen molar-refractivity contribution >= 4 is 52.3 Å². The molecular formula is C26H30N2O6S2. The van der Waals surface area contributed by atoms with E-state index < -0.39 is 23.2 Å². The maximum Gasteiger partial charge on any atom is 0.341 e. The van der Waals surface area contributed by atoms with Crippen LogP contribution in [0, 0.1) is 13.8 Å². The highest BCUT2D eigenvalue weighted by Crippen LogP contribution is 2.40. The molecule has 0 radical (unpaired) electrons. The molecule has 4 rings (SSSR count). The highest BCUT2D eigenvalue weighted by molar-refractivity contribution is 8.18. The van der Waals surface area contributed by atoms with Crippen molar-refractivity contribution in [3.8, 4) is 5.00 Å². The van der Waals surface area contributed by atoms with Gasteiger partial charge in [0.2, 0.25) is 0 Å². The van der Waals surface area contributed by atoms with Crippen LogP contribution in [0.3, 0.4) is 0 Å². The molecule has 8 nitrogen and oxygen atoms in total. The minimum Gasteiger partial charge on any atom is -0.464 e. The van der Waals surface area contributed by atoms with Crippen molar-refractivity contribution in [2.75, 3.05) is 13.2 Å². The van der Waals surface area contributed by atoms with E-state index in [0.717, 1.165) is 69.9 Å². The number of thiophene rings is 1. The van der Waals surface area contributed by atoms with Gasteiger partial charge in [-0.1, -0.05) is 0 Å². The van der Waals surface area contributed by atoms with Crippen LogP contribution in [-0.4, -0.2) is 51.8 Å². The van der Waals surface area contributed by atoms with E-state index in [1.54, 1.807) is 31.3 Å². The highest BCUT2D eigenvalue weighted by atomic mass is 32.2. The van der Waals surface area contributed by atoms with E-state index in [0.29, 0.717) is 12.2 Å². The zero-order valence-corrected chi connectivity index (χ0v) is 22.8. The summed E-state index contributed by atoms with van der Waals surface area (Å²) in [4.78, 5) is 53.1. The topological polar surface area (TPSA) is 94.9 Å². The van der Waals surface area contributed by atoms with Crippen LogP contribution in [0.25, 0.3) is 11.1 Å². The summed E-state index contributed by atoms with van der Waals surface area (Å²) in [6.45, 7) is 9.31. The maximum atomic E-state index is 13.0. The number of carbonyl (C=O) groups is 4. The molecule has 2 aromatic heterocycles. The largest absolute Gasteiger partial charge is 0.464 e. The molecular weight excluding hydrogens is 500 g/mol. The lowest BCUT2D eigenvalue weighted by atomic mass is 9.95. The lowest BCUT2D eigenvalue weighted by Gasteiger charge is -2.19. The van der Waals surface area contributed by atoms with Crippen molar-refractivity contribution in [1.82, 2.24) is 9.47 Å². The molecule has 0 spiro atoms. The monoisotopic (exact) mass is 530 g/mol. The quantitative estimate of drug-likeness (QED) is 0.359. The molecule has 0 N–H and O–H groups in total. The fourth-order valence-electron chi connectivity index (χ4n) is 4.69. The number of aromatic nitrogens is 1. The van der Waals surface area contributed by atoms with Gasteiger partial charge in [-0.3, -0.25) is 14.5 Å². The number of imide groups is 1. The van der Waals surface area contributed by atoms with Gasteiger partial charge in [-0.05, 0) is 95.3 Å². The molecule has 3 heterocycles. The van der Waals surface area contributed by atoms with Crippen LogP contribution in [0.1, 0.15) is 71.4 Å². The van der Waals surface area contributed by atoms with Crippen molar-refractivity contribution in [2.45, 2.75) is 66.3 Å². The SMILES string of the molecule is CCOC(=O)c1c(-n2c(C)cc(/C=C3/SC(=O)N([C@H](C)C(=O)OCC)C3=O)c2C)sc2c1CCCC2. The van der Waals surface area contributed by atoms with Crippen LogP contribution in [0.15, 0.2) is 11.0 Å². The van der Waals surface area contributed by atoms with E-state index >= 15 is 0 Å². The number of aryl methyl sites for hydroxylation is 2.